The van der Waals surface area contributed by atoms with Crippen molar-refractivity contribution in [3.63, 3.8) is 0 Å². The Hall–Kier alpha value is -1.79. The number of rotatable bonds is 5. The fourth-order valence-corrected chi connectivity index (χ4v) is 2.85. The number of amides is 2. The first-order valence-electron chi connectivity index (χ1n) is 7.56. The van der Waals surface area contributed by atoms with Crippen LogP contribution in [0.25, 0.3) is 0 Å². The van der Waals surface area contributed by atoms with E-state index in [0.29, 0.717) is 42.4 Å². The quantitative estimate of drug-likeness (QED) is 0.856. The Morgan fingerprint density at radius 3 is 2.61 bits per heavy atom. The summed E-state index contributed by atoms with van der Waals surface area (Å²) in [5.74, 6) is 0.0766. The number of hydrogen-bond donors (Lipinski definition) is 2. The predicted molar refractivity (Wildman–Crippen MR) is 89.7 cm³/mol. The van der Waals surface area contributed by atoms with E-state index in [4.69, 9.17) is 22.1 Å². The van der Waals surface area contributed by atoms with Gasteiger partial charge in [-0.3, -0.25) is 14.5 Å². The second kappa shape index (κ2) is 7.66. The molecule has 1 heterocycles. The largest absolute Gasteiger partial charge is 0.495 e. The number of benzene rings is 1. The van der Waals surface area contributed by atoms with Crippen molar-refractivity contribution in [1.82, 2.24) is 4.90 Å². The van der Waals surface area contributed by atoms with Crippen molar-refractivity contribution in [3.05, 3.63) is 22.7 Å². The van der Waals surface area contributed by atoms with Gasteiger partial charge < -0.3 is 15.8 Å². The molecule has 0 spiro atoms. The van der Waals surface area contributed by atoms with Crippen molar-refractivity contribution < 1.29 is 14.3 Å². The number of likely N-dealkylation sites (tertiary alicyclic amines) is 1. The molecule has 2 amide bonds. The molecule has 1 aliphatic rings. The summed E-state index contributed by atoms with van der Waals surface area (Å²) in [6.45, 7) is 3.53. The summed E-state index contributed by atoms with van der Waals surface area (Å²) in [5, 5.41) is 3.45. The standard InChI is InChI=1S/C16H22ClN3O3/c1-10-7-13(14(23-2)8-12(10)17)19-15(21)9-20-5-3-11(4-6-20)16(18)22/h7-8,11H,3-6,9H2,1-2H3,(H2,18,22)(H,19,21). The van der Waals surface area contributed by atoms with Gasteiger partial charge in [0, 0.05) is 17.0 Å². The van der Waals surface area contributed by atoms with E-state index in [2.05, 4.69) is 5.32 Å². The number of carbonyl (C=O) groups excluding carboxylic acids is 2. The Balaban J connectivity index is 1.93. The van der Waals surface area contributed by atoms with Gasteiger partial charge in [0.05, 0.1) is 19.3 Å². The summed E-state index contributed by atoms with van der Waals surface area (Å²) in [6.07, 6.45) is 1.40. The van der Waals surface area contributed by atoms with Gasteiger partial charge in [0.15, 0.2) is 0 Å². The van der Waals surface area contributed by atoms with E-state index in [9.17, 15) is 9.59 Å². The Morgan fingerprint density at radius 2 is 2.04 bits per heavy atom. The third-order valence-corrected chi connectivity index (χ3v) is 4.52. The molecule has 0 radical (unpaired) electrons. The summed E-state index contributed by atoms with van der Waals surface area (Å²) in [5.41, 5.74) is 6.78. The zero-order chi connectivity index (χ0) is 17.0. The summed E-state index contributed by atoms with van der Waals surface area (Å²) < 4.78 is 5.25. The van der Waals surface area contributed by atoms with Crippen LogP contribution in [-0.4, -0.2) is 43.5 Å². The monoisotopic (exact) mass is 339 g/mol. The van der Waals surface area contributed by atoms with Crippen LogP contribution in [0.2, 0.25) is 5.02 Å². The van der Waals surface area contributed by atoms with Crippen LogP contribution in [0.5, 0.6) is 5.75 Å². The van der Waals surface area contributed by atoms with Gasteiger partial charge in [-0.25, -0.2) is 0 Å². The predicted octanol–water partition coefficient (Wildman–Crippen LogP) is 1.79. The van der Waals surface area contributed by atoms with Crippen LogP contribution in [0.4, 0.5) is 5.69 Å². The number of nitrogens with one attached hydrogen (secondary N) is 1. The Labute approximate surface area is 140 Å². The van der Waals surface area contributed by atoms with Crippen LogP contribution in [0.1, 0.15) is 18.4 Å². The highest BCUT2D eigenvalue weighted by molar-refractivity contribution is 6.31. The highest BCUT2D eigenvalue weighted by atomic mass is 35.5. The maximum atomic E-state index is 12.2. The summed E-state index contributed by atoms with van der Waals surface area (Å²) in [7, 11) is 1.53. The van der Waals surface area contributed by atoms with Gasteiger partial charge in [0.1, 0.15) is 5.75 Å². The topological polar surface area (TPSA) is 84.7 Å². The van der Waals surface area contributed by atoms with Gasteiger partial charge in [-0.15, -0.1) is 0 Å². The maximum Gasteiger partial charge on any atom is 0.238 e. The molecule has 0 saturated carbocycles. The maximum absolute atomic E-state index is 12.2. The average Bonchev–Trinajstić information content (AvgIpc) is 2.51. The summed E-state index contributed by atoms with van der Waals surface area (Å²) >= 11 is 6.06. The first-order chi connectivity index (χ1) is 10.9. The van der Waals surface area contributed by atoms with Crippen molar-refractivity contribution in [1.29, 1.82) is 0 Å². The van der Waals surface area contributed by atoms with Crippen LogP contribution in [0, 0.1) is 12.8 Å². The first kappa shape index (κ1) is 17.6. The number of ether oxygens (including phenoxy) is 1. The van der Waals surface area contributed by atoms with Gasteiger partial charge in [-0.05, 0) is 44.5 Å². The van der Waals surface area contributed by atoms with Gasteiger partial charge in [-0.2, -0.15) is 0 Å². The molecule has 0 bridgehead atoms. The molecule has 6 nitrogen and oxygen atoms in total. The molecule has 1 fully saturated rings. The lowest BCUT2D eigenvalue weighted by atomic mass is 9.96. The number of aryl methyl sites for hydroxylation is 1. The molecule has 1 aromatic carbocycles. The molecule has 7 heteroatoms. The number of methoxy groups -OCH3 is 1. The lowest BCUT2D eigenvalue weighted by Gasteiger charge is -2.29. The number of carbonyl (C=O) groups is 2. The zero-order valence-corrected chi connectivity index (χ0v) is 14.2. The number of halogens is 1. The van der Waals surface area contributed by atoms with Crippen LogP contribution in [-0.2, 0) is 9.59 Å². The molecule has 0 unspecified atom stereocenters. The molecule has 1 saturated heterocycles. The third-order valence-electron chi connectivity index (χ3n) is 4.11. The molecular formula is C16H22ClN3O3. The number of nitrogens with two attached hydrogens (primary N) is 1. The van der Waals surface area contributed by atoms with Crippen LogP contribution in [0.3, 0.4) is 0 Å². The van der Waals surface area contributed by atoms with Crippen molar-refractivity contribution in [2.24, 2.45) is 11.7 Å². The zero-order valence-electron chi connectivity index (χ0n) is 13.4. The lowest BCUT2D eigenvalue weighted by molar-refractivity contribution is -0.123. The number of anilines is 1. The van der Waals surface area contributed by atoms with Gasteiger partial charge >= 0.3 is 0 Å². The molecule has 1 aliphatic heterocycles. The van der Waals surface area contributed by atoms with Crippen molar-refractivity contribution in [2.75, 3.05) is 32.1 Å². The number of nitrogens with zero attached hydrogens (tertiary/aromatic N) is 1. The number of primary amides is 1. The smallest absolute Gasteiger partial charge is 0.238 e. The van der Waals surface area contributed by atoms with E-state index in [1.807, 2.05) is 11.8 Å². The van der Waals surface area contributed by atoms with E-state index in [-0.39, 0.29) is 24.3 Å². The number of piperidine rings is 1. The second-order valence-corrected chi connectivity index (χ2v) is 6.21. The molecule has 126 valence electrons. The Kier molecular flexibility index (Phi) is 5.85. The van der Waals surface area contributed by atoms with E-state index >= 15 is 0 Å². The average molecular weight is 340 g/mol. The van der Waals surface area contributed by atoms with E-state index in [0.717, 1.165) is 5.56 Å². The van der Waals surface area contributed by atoms with Crippen molar-refractivity contribution >= 4 is 29.1 Å². The van der Waals surface area contributed by atoms with Crippen LogP contribution in [0.15, 0.2) is 12.1 Å². The molecule has 3 N–H and O–H groups in total. The second-order valence-electron chi connectivity index (χ2n) is 5.80. The normalized spacial score (nSPS) is 16.1. The van der Waals surface area contributed by atoms with Gasteiger partial charge in [0.25, 0.3) is 0 Å². The summed E-state index contributed by atoms with van der Waals surface area (Å²) in [4.78, 5) is 25.4. The minimum Gasteiger partial charge on any atom is -0.495 e. The SMILES string of the molecule is COc1cc(Cl)c(C)cc1NC(=O)CN1CCC(C(N)=O)CC1. The van der Waals surface area contributed by atoms with Crippen molar-refractivity contribution in [3.8, 4) is 5.75 Å². The molecular weight excluding hydrogens is 318 g/mol. The van der Waals surface area contributed by atoms with E-state index in [1.165, 1.54) is 7.11 Å². The minimum absolute atomic E-state index is 0.0756. The molecule has 0 aromatic heterocycles. The fourth-order valence-electron chi connectivity index (χ4n) is 2.70. The molecule has 23 heavy (non-hydrogen) atoms. The first-order valence-corrected chi connectivity index (χ1v) is 7.94. The van der Waals surface area contributed by atoms with Crippen molar-refractivity contribution in [2.45, 2.75) is 19.8 Å². The highest BCUT2D eigenvalue weighted by Crippen LogP contribution is 2.31. The molecule has 1 aromatic rings. The lowest BCUT2D eigenvalue weighted by Crippen LogP contribution is -2.42. The third kappa shape index (κ3) is 4.59. The van der Waals surface area contributed by atoms with Crippen LogP contribution < -0.4 is 15.8 Å². The van der Waals surface area contributed by atoms with Crippen LogP contribution >= 0.6 is 11.6 Å². The highest BCUT2D eigenvalue weighted by Gasteiger charge is 2.24. The van der Waals surface area contributed by atoms with Gasteiger partial charge in [-0.1, -0.05) is 11.6 Å². The number of hydrogen-bond acceptors (Lipinski definition) is 4. The Bertz CT molecular complexity index is 598. The molecule has 0 atom stereocenters. The Morgan fingerprint density at radius 1 is 1.39 bits per heavy atom. The minimum atomic E-state index is -0.254. The summed E-state index contributed by atoms with van der Waals surface area (Å²) in [6, 6.07) is 3.48. The molecule has 0 aliphatic carbocycles. The van der Waals surface area contributed by atoms with E-state index in [1.54, 1.807) is 12.1 Å². The molecule has 2 rings (SSSR count). The van der Waals surface area contributed by atoms with Gasteiger partial charge in [0.2, 0.25) is 11.8 Å². The van der Waals surface area contributed by atoms with E-state index < -0.39 is 0 Å². The fraction of sp³-hybridized carbons (Fsp3) is 0.500.